The van der Waals surface area contributed by atoms with Gasteiger partial charge in [-0.05, 0) is 24.3 Å². The highest BCUT2D eigenvalue weighted by atomic mass is 16.2. The number of nitrogens with zero attached hydrogens (tertiary/aromatic N) is 3. The average molecular weight is 303 g/mol. The molecule has 0 saturated carbocycles. The van der Waals surface area contributed by atoms with Gasteiger partial charge in [0.2, 0.25) is 0 Å². The number of rotatable bonds is 3. The molecule has 0 atom stereocenters. The Morgan fingerprint density at radius 2 is 1.61 bits per heavy atom. The molecular weight excluding hydrogens is 290 g/mol. The van der Waals surface area contributed by atoms with Gasteiger partial charge in [0.1, 0.15) is 11.6 Å². The molecule has 0 aliphatic rings. The van der Waals surface area contributed by atoms with E-state index in [1.807, 2.05) is 30.3 Å². The lowest BCUT2D eigenvalue weighted by Crippen LogP contribution is -2.44. The summed E-state index contributed by atoms with van der Waals surface area (Å²) in [4.78, 5) is 12.7. The Kier molecular flexibility index (Phi) is 3.77. The van der Waals surface area contributed by atoms with Crippen LogP contribution in [0.25, 0.3) is 5.69 Å². The Hall–Kier alpha value is -3.59. The summed E-state index contributed by atoms with van der Waals surface area (Å²) in [5.74, 6) is 0. The van der Waals surface area contributed by atoms with Crippen LogP contribution < -0.4 is 16.6 Å². The van der Waals surface area contributed by atoms with E-state index in [1.165, 1.54) is 10.8 Å². The molecule has 0 spiro atoms. The van der Waals surface area contributed by atoms with E-state index in [2.05, 4.69) is 5.43 Å². The van der Waals surface area contributed by atoms with E-state index in [-0.39, 0.29) is 11.1 Å². The molecule has 0 fully saturated rings. The molecule has 2 N–H and O–H groups in total. The van der Waals surface area contributed by atoms with E-state index in [0.29, 0.717) is 11.4 Å². The second-order valence-electron chi connectivity index (χ2n) is 4.80. The van der Waals surface area contributed by atoms with Gasteiger partial charge >= 0.3 is 5.69 Å². The lowest BCUT2D eigenvalue weighted by atomic mass is 10.3. The van der Waals surface area contributed by atoms with Crippen molar-refractivity contribution in [2.75, 3.05) is 5.43 Å². The summed E-state index contributed by atoms with van der Waals surface area (Å²) in [6.07, 6.45) is 1.38. The van der Waals surface area contributed by atoms with Gasteiger partial charge in [0.15, 0.2) is 5.49 Å². The summed E-state index contributed by atoms with van der Waals surface area (Å²) < 4.78 is 2.40. The van der Waals surface area contributed by atoms with Gasteiger partial charge in [-0.3, -0.25) is 15.4 Å². The van der Waals surface area contributed by atoms with E-state index in [0.717, 1.165) is 4.68 Å². The van der Waals surface area contributed by atoms with Gasteiger partial charge < -0.3 is 0 Å². The third kappa shape index (κ3) is 2.76. The third-order valence-electron chi connectivity index (χ3n) is 3.30. The van der Waals surface area contributed by atoms with Crippen molar-refractivity contribution in [3.8, 4) is 11.8 Å². The molecule has 1 heterocycles. The smallest absolute Gasteiger partial charge is 0.288 e. The number of nitrogens with one attached hydrogen (secondary N) is 2. The molecule has 23 heavy (non-hydrogen) atoms. The summed E-state index contributed by atoms with van der Waals surface area (Å²) in [5, 5.41) is 17.3. The van der Waals surface area contributed by atoms with Gasteiger partial charge in [0, 0.05) is 6.20 Å². The van der Waals surface area contributed by atoms with Crippen LogP contribution in [0.5, 0.6) is 0 Å². The van der Waals surface area contributed by atoms with Crippen LogP contribution in [-0.4, -0.2) is 9.24 Å². The van der Waals surface area contributed by atoms with Crippen LogP contribution in [0.1, 0.15) is 5.56 Å². The molecule has 0 unspecified atom stereocenters. The maximum absolute atomic E-state index is 12.7. The zero-order chi connectivity index (χ0) is 16.2. The van der Waals surface area contributed by atoms with Crippen molar-refractivity contribution in [1.82, 2.24) is 9.24 Å². The van der Waals surface area contributed by atoms with Crippen LogP contribution in [0.2, 0.25) is 0 Å². The molecule has 6 nitrogen and oxygen atoms in total. The van der Waals surface area contributed by atoms with Crippen molar-refractivity contribution in [3.63, 3.8) is 0 Å². The largest absolute Gasteiger partial charge is 0.353 e. The zero-order valence-corrected chi connectivity index (χ0v) is 12.1. The Bertz CT molecular complexity index is 981. The maximum atomic E-state index is 12.7. The Balaban J connectivity index is 2.22. The number of anilines is 1. The topological polar surface area (TPSA) is 86.6 Å². The first-order chi connectivity index (χ1) is 11.2. The van der Waals surface area contributed by atoms with Gasteiger partial charge in [0.25, 0.3) is 0 Å². The van der Waals surface area contributed by atoms with Crippen LogP contribution >= 0.6 is 0 Å². The van der Waals surface area contributed by atoms with Gasteiger partial charge in [-0.15, -0.1) is 0 Å². The van der Waals surface area contributed by atoms with E-state index >= 15 is 0 Å². The quantitative estimate of drug-likeness (QED) is 0.774. The van der Waals surface area contributed by atoms with Crippen LogP contribution in [0.4, 0.5) is 5.69 Å². The molecule has 0 aliphatic carbocycles. The van der Waals surface area contributed by atoms with Crippen molar-refractivity contribution >= 4 is 5.69 Å². The SMILES string of the molecule is N#Cc1cn(-c2ccccc2)c(=O)n(Nc2ccccc2)c1=N. The van der Waals surface area contributed by atoms with E-state index < -0.39 is 5.69 Å². The third-order valence-corrected chi connectivity index (χ3v) is 3.30. The number of nitriles is 1. The second-order valence-corrected chi connectivity index (χ2v) is 4.80. The average Bonchev–Trinajstić information content (AvgIpc) is 2.60. The standard InChI is InChI=1S/C17H13N5O/c18-11-13-12-21(15-9-5-2-6-10-15)17(23)22(16(13)19)20-14-7-3-1-4-8-14/h1-10,12,19-20H. The van der Waals surface area contributed by atoms with E-state index in [4.69, 9.17) is 5.41 Å². The first kappa shape index (κ1) is 14.4. The van der Waals surface area contributed by atoms with Crippen LogP contribution in [0, 0.1) is 16.7 Å². The summed E-state index contributed by atoms with van der Waals surface area (Å²) in [7, 11) is 0. The Morgan fingerprint density at radius 1 is 1.00 bits per heavy atom. The minimum Gasteiger partial charge on any atom is -0.288 e. The van der Waals surface area contributed by atoms with Gasteiger partial charge in [0.05, 0.1) is 11.4 Å². The number of aromatic nitrogens is 2. The monoisotopic (exact) mass is 303 g/mol. The Labute approximate surface area is 132 Å². The van der Waals surface area contributed by atoms with Crippen LogP contribution in [0.3, 0.4) is 0 Å². The first-order valence-electron chi connectivity index (χ1n) is 6.91. The predicted octanol–water partition coefficient (Wildman–Crippen LogP) is 1.87. The molecule has 6 heteroatoms. The number of hydrogen-bond acceptors (Lipinski definition) is 4. The summed E-state index contributed by atoms with van der Waals surface area (Å²) in [6.45, 7) is 0. The lowest BCUT2D eigenvalue weighted by molar-refractivity contribution is 0.724. The normalized spacial score (nSPS) is 10.0. The molecule has 1 aromatic heterocycles. The van der Waals surface area contributed by atoms with Gasteiger partial charge in [-0.25, -0.2) is 4.79 Å². The molecule has 0 bridgehead atoms. The molecule has 112 valence electrons. The van der Waals surface area contributed by atoms with Crippen molar-refractivity contribution in [1.29, 1.82) is 10.7 Å². The number of benzene rings is 2. The lowest BCUT2D eigenvalue weighted by Gasteiger charge is -2.13. The van der Waals surface area contributed by atoms with Crippen molar-refractivity contribution in [3.05, 3.63) is 88.4 Å². The first-order valence-corrected chi connectivity index (χ1v) is 6.91. The highest BCUT2D eigenvalue weighted by Gasteiger charge is 2.10. The van der Waals surface area contributed by atoms with Crippen LogP contribution in [-0.2, 0) is 0 Å². The minimum absolute atomic E-state index is 0.0943. The van der Waals surface area contributed by atoms with E-state index in [9.17, 15) is 10.1 Å². The van der Waals surface area contributed by atoms with Crippen LogP contribution in [0.15, 0.2) is 71.7 Å². The van der Waals surface area contributed by atoms with Crippen molar-refractivity contribution < 1.29 is 0 Å². The van der Waals surface area contributed by atoms with Crippen molar-refractivity contribution in [2.24, 2.45) is 0 Å². The zero-order valence-electron chi connectivity index (χ0n) is 12.1. The fraction of sp³-hybridized carbons (Fsp3) is 0. The highest BCUT2D eigenvalue weighted by Crippen LogP contribution is 2.06. The number of hydrogen-bond donors (Lipinski definition) is 2. The molecular formula is C17H13N5O. The predicted molar refractivity (Wildman–Crippen MR) is 86.1 cm³/mol. The second kappa shape index (κ2) is 6.03. The van der Waals surface area contributed by atoms with Gasteiger partial charge in [-0.1, -0.05) is 36.4 Å². The molecule has 0 saturated heterocycles. The highest BCUT2D eigenvalue weighted by molar-refractivity contribution is 5.42. The van der Waals surface area contributed by atoms with Gasteiger partial charge in [-0.2, -0.15) is 9.94 Å². The molecule has 3 aromatic rings. The molecule has 3 rings (SSSR count). The number of para-hydroxylation sites is 2. The minimum atomic E-state index is -0.455. The Morgan fingerprint density at radius 3 is 2.22 bits per heavy atom. The molecule has 0 radical (unpaired) electrons. The summed E-state index contributed by atoms with van der Waals surface area (Å²) >= 11 is 0. The molecule has 2 aromatic carbocycles. The van der Waals surface area contributed by atoms with E-state index in [1.54, 1.807) is 36.4 Å². The molecule has 0 amide bonds. The van der Waals surface area contributed by atoms with Crippen molar-refractivity contribution in [2.45, 2.75) is 0 Å². The molecule has 0 aliphatic heterocycles. The fourth-order valence-corrected chi connectivity index (χ4v) is 2.17. The summed E-state index contributed by atoms with van der Waals surface area (Å²) in [5.41, 5.74) is 3.60. The summed E-state index contributed by atoms with van der Waals surface area (Å²) in [6, 6.07) is 20.0. The maximum Gasteiger partial charge on any atom is 0.353 e. The fourth-order valence-electron chi connectivity index (χ4n) is 2.17.